The van der Waals surface area contributed by atoms with Crippen LogP contribution < -0.4 is 4.90 Å². The van der Waals surface area contributed by atoms with E-state index in [1.807, 2.05) is 43.1 Å². The molecule has 1 N–H and O–H groups in total. The lowest BCUT2D eigenvalue weighted by Gasteiger charge is -2.22. The van der Waals surface area contributed by atoms with Crippen LogP contribution in [0.3, 0.4) is 0 Å². The lowest BCUT2D eigenvalue weighted by Crippen LogP contribution is -2.28. The topological polar surface area (TPSA) is 49.2 Å². The number of benzene rings is 1. The monoisotopic (exact) mass is 231 g/mol. The van der Waals surface area contributed by atoms with E-state index in [0.29, 0.717) is 6.54 Å². The average Bonchev–Trinajstić information content (AvgIpc) is 2.37. The van der Waals surface area contributed by atoms with Gasteiger partial charge in [0.2, 0.25) is 0 Å². The second kappa shape index (κ2) is 5.10. The fourth-order valence-electron chi connectivity index (χ4n) is 1.84. The minimum absolute atomic E-state index is 0.313. The number of nitrogens with zero attached hydrogens (tertiary/aromatic N) is 3. The SMILES string of the molecule is CC[C@@H](O)CN(C)c1cnnc2ccccc12. The fourth-order valence-corrected chi connectivity index (χ4v) is 1.84. The quantitative estimate of drug-likeness (QED) is 0.872. The number of hydrogen-bond donors (Lipinski definition) is 1. The summed E-state index contributed by atoms with van der Waals surface area (Å²) in [5.74, 6) is 0. The van der Waals surface area contributed by atoms with Crippen LogP contribution in [0, 0.1) is 0 Å². The van der Waals surface area contributed by atoms with Crippen molar-refractivity contribution in [1.29, 1.82) is 0 Å². The van der Waals surface area contributed by atoms with Crippen molar-refractivity contribution in [3.8, 4) is 0 Å². The molecule has 2 rings (SSSR count). The third-order valence-corrected chi connectivity index (χ3v) is 2.89. The number of rotatable bonds is 4. The van der Waals surface area contributed by atoms with Gasteiger partial charge in [0.15, 0.2) is 0 Å². The summed E-state index contributed by atoms with van der Waals surface area (Å²) in [6.45, 7) is 2.58. The Labute approximate surface area is 101 Å². The van der Waals surface area contributed by atoms with Crippen molar-refractivity contribution in [3.05, 3.63) is 30.5 Å². The van der Waals surface area contributed by atoms with Gasteiger partial charge in [-0.15, -0.1) is 0 Å². The molecule has 0 amide bonds. The van der Waals surface area contributed by atoms with Gasteiger partial charge in [-0.05, 0) is 12.5 Å². The van der Waals surface area contributed by atoms with Gasteiger partial charge in [-0.1, -0.05) is 25.1 Å². The van der Waals surface area contributed by atoms with Crippen molar-refractivity contribution < 1.29 is 5.11 Å². The molecule has 0 saturated heterocycles. The molecule has 1 atom stereocenters. The Bertz CT molecular complexity index is 495. The van der Waals surface area contributed by atoms with Gasteiger partial charge in [-0.3, -0.25) is 0 Å². The van der Waals surface area contributed by atoms with E-state index in [0.717, 1.165) is 23.0 Å². The molecule has 2 aromatic rings. The van der Waals surface area contributed by atoms with Crippen molar-refractivity contribution in [2.75, 3.05) is 18.5 Å². The summed E-state index contributed by atoms with van der Waals surface area (Å²) in [4.78, 5) is 2.02. The molecule has 0 spiro atoms. The van der Waals surface area contributed by atoms with Gasteiger partial charge in [0, 0.05) is 19.0 Å². The van der Waals surface area contributed by atoms with Crippen LogP contribution >= 0.6 is 0 Å². The summed E-state index contributed by atoms with van der Waals surface area (Å²) in [5.41, 5.74) is 1.88. The van der Waals surface area contributed by atoms with Crippen molar-refractivity contribution in [2.24, 2.45) is 0 Å². The molecule has 90 valence electrons. The number of aliphatic hydroxyl groups is 1. The van der Waals surface area contributed by atoms with Crippen LogP contribution in [-0.4, -0.2) is 35.0 Å². The second-order valence-corrected chi connectivity index (χ2v) is 4.19. The Morgan fingerprint density at radius 2 is 2.12 bits per heavy atom. The number of aliphatic hydroxyl groups excluding tert-OH is 1. The highest BCUT2D eigenvalue weighted by Gasteiger charge is 2.10. The first-order chi connectivity index (χ1) is 8.22. The van der Waals surface area contributed by atoms with E-state index in [4.69, 9.17) is 0 Å². The maximum absolute atomic E-state index is 9.68. The Kier molecular flexibility index (Phi) is 3.54. The molecular weight excluding hydrogens is 214 g/mol. The average molecular weight is 231 g/mol. The zero-order chi connectivity index (χ0) is 12.3. The predicted molar refractivity (Wildman–Crippen MR) is 69.1 cm³/mol. The van der Waals surface area contributed by atoms with Crippen LogP contribution in [0.4, 0.5) is 5.69 Å². The molecule has 1 aromatic heterocycles. The lowest BCUT2D eigenvalue weighted by atomic mass is 10.2. The highest BCUT2D eigenvalue weighted by molar-refractivity contribution is 5.90. The third-order valence-electron chi connectivity index (χ3n) is 2.89. The minimum atomic E-state index is -0.313. The van der Waals surface area contributed by atoms with E-state index in [1.54, 1.807) is 6.20 Å². The lowest BCUT2D eigenvalue weighted by molar-refractivity contribution is 0.177. The van der Waals surface area contributed by atoms with Crippen molar-refractivity contribution in [1.82, 2.24) is 10.2 Å². The minimum Gasteiger partial charge on any atom is -0.391 e. The van der Waals surface area contributed by atoms with Crippen LogP contribution in [0.25, 0.3) is 10.9 Å². The Hall–Kier alpha value is -1.68. The van der Waals surface area contributed by atoms with E-state index >= 15 is 0 Å². The van der Waals surface area contributed by atoms with Gasteiger partial charge in [-0.2, -0.15) is 10.2 Å². The molecule has 0 aliphatic rings. The van der Waals surface area contributed by atoms with Gasteiger partial charge < -0.3 is 10.0 Å². The van der Waals surface area contributed by atoms with Crippen molar-refractivity contribution in [3.63, 3.8) is 0 Å². The molecule has 17 heavy (non-hydrogen) atoms. The molecule has 0 unspecified atom stereocenters. The molecule has 0 aliphatic carbocycles. The number of likely N-dealkylation sites (N-methyl/N-ethyl adjacent to an activating group) is 1. The number of hydrogen-bond acceptors (Lipinski definition) is 4. The number of anilines is 1. The smallest absolute Gasteiger partial charge is 0.0950 e. The summed E-state index contributed by atoms with van der Waals surface area (Å²) in [7, 11) is 1.96. The first kappa shape index (κ1) is 11.8. The number of fused-ring (bicyclic) bond motifs is 1. The maximum Gasteiger partial charge on any atom is 0.0950 e. The fraction of sp³-hybridized carbons (Fsp3) is 0.385. The molecule has 4 nitrogen and oxygen atoms in total. The summed E-state index contributed by atoms with van der Waals surface area (Å²) in [5, 5.41) is 18.8. The van der Waals surface area contributed by atoms with E-state index in [2.05, 4.69) is 10.2 Å². The standard InChI is InChI=1S/C13H17N3O/c1-3-10(17)9-16(2)13-8-14-15-12-7-5-4-6-11(12)13/h4-8,10,17H,3,9H2,1-2H3/t10-/m1/s1. The maximum atomic E-state index is 9.68. The highest BCUT2D eigenvalue weighted by Crippen LogP contribution is 2.23. The highest BCUT2D eigenvalue weighted by atomic mass is 16.3. The van der Waals surface area contributed by atoms with Crippen molar-refractivity contribution in [2.45, 2.75) is 19.4 Å². The zero-order valence-corrected chi connectivity index (χ0v) is 10.2. The van der Waals surface area contributed by atoms with Gasteiger partial charge in [0.25, 0.3) is 0 Å². The van der Waals surface area contributed by atoms with E-state index in [9.17, 15) is 5.11 Å². The first-order valence-corrected chi connectivity index (χ1v) is 5.82. The van der Waals surface area contributed by atoms with E-state index < -0.39 is 0 Å². The third kappa shape index (κ3) is 2.53. The predicted octanol–water partition coefficient (Wildman–Crippen LogP) is 1.84. The van der Waals surface area contributed by atoms with Crippen LogP contribution in [-0.2, 0) is 0 Å². The molecular formula is C13H17N3O. The molecule has 0 saturated carbocycles. The van der Waals surface area contributed by atoms with Gasteiger partial charge >= 0.3 is 0 Å². The molecule has 1 aromatic carbocycles. The summed E-state index contributed by atoms with van der Waals surface area (Å²) >= 11 is 0. The molecule has 0 radical (unpaired) electrons. The van der Waals surface area contributed by atoms with Crippen LogP contribution in [0.5, 0.6) is 0 Å². The Morgan fingerprint density at radius 3 is 2.88 bits per heavy atom. The van der Waals surface area contributed by atoms with Crippen LogP contribution in [0.1, 0.15) is 13.3 Å². The van der Waals surface area contributed by atoms with Crippen LogP contribution in [0.15, 0.2) is 30.5 Å². The summed E-state index contributed by atoms with van der Waals surface area (Å²) in [6, 6.07) is 7.89. The van der Waals surface area contributed by atoms with E-state index in [-0.39, 0.29) is 6.10 Å². The molecule has 0 aliphatic heterocycles. The normalized spacial score (nSPS) is 12.6. The van der Waals surface area contributed by atoms with Gasteiger partial charge in [0.1, 0.15) is 0 Å². The van der Waals surface area contributed by atoms with Crippen LogP contribution in [0.2, 0.25) is 0 Å². The molecule has 1 heterocycles. The second-order valence-electron chi connectivity index (χ2n) is 4.19. The Morgan fingerprint density at radius 1 is 1.35 bits per heavy atom. The van der Waals surface area contributed by atoms with Gasteiger partial charge in [-0.25, -0.2) is 0 Å². The zero-order valence-electron chi connectivity index (χ0n) is 10.2. The van der Waals surface area contributed by atoms with E-state index in [1.165, 1.54) is 0 Å². The van der Waals surface area contributed by atoms with Crippen molar-refractivity contribution >= 4 is 16.6 Å². The molecule has 4 heteroatoms. The molecule has 0 bridgehead atoms. The number of aromatic nitrogens is 2. The summed E-state index contributed by atoms with van der Waals surface area (Å²) in [6.07, 6.45) is 2.18. The molecule has 0 fully saturated rings. The van der Waals surface area contributed by atoms with Gasteiger partial charge in [0.05, 0.1) is 23.5 Å². The Balaban J connectivity index is 2.34. The summed E-state index contributed by atoms with van der Waals surface area (Å²) < 4.78 is 0. The largest absolute Gasteiger partial charge is 0.391 e. The first-order valence-electron chi connectivity index (χ1n) is 5.82.